The summed E-state index contributed by atoms with van der Waals surface area (Å²) in [5, 5.41) is 0. The van der Waals surface area contributed by atoms with Crippen LogP contribution in [0.25, 0.3) is 0 Å². The molecule has 0 bridgehead atoms. The first-order valence-electron chi connectivity index (χ1n) is 8.81. The molecule has 0 aliphatic carbocycles. The first-order chi connectivity index (χ1) is 15.0. The number of benzene rings is 1. The van der Waals surface area contributed by atoms with E-state index in [4.69, 9.17) is 28.1 Å². The summed E-state index contributed by atoms with van der Waals surface area (Å²) in [6, 6.07) is 5.53. The van der Waals surface area contributed by atoms with Gasteiger partial charge in [0, 0.05) is 0 Å². The lowest BCUT2D eigenvalue weighted by atomic mass is 10.1. The van der Waals surface area contributed by atoms with Crippen molar-refractivity contribution < 1.29 is 62.8 Å². The third kappa shape index (κ3) is 14.0. The van der Waals surface area contributed by atoms with Crippen LogP contribution in [0.4, 0.5) is 0 Å². The zero-order chi connectivity index (χ0) is 24.0. The average molecular weight is 502 g/mol. The van der Waals surface area contributed by atoms with Gasteiger partial charge in [0.05, 0.1) is 50.8 Å². The molecular weight excluding hydrogens is 480 g/mol. The van der Waals surface area contributed by atoms with Gasteiger partial charge in [-0.25, -0.2) is 18.0 Å². The minimum Gasteiger partial charge on any atom is -0.460 e. The molecule has 0 aliphatic heterocycles. The SMILES string of the molecule is O=C(OCCOCCOS(=O)(=O)O)c1cccc(C(=O)OCCOCCOS(=O)(=O)O)c1. The first kappa shape index (κ1) is 27.9. The van der Waals surface area contributed by atoms with Crippen molar-refractivity contribution in [3.05, 3.63) is 35.4 Å². The largest absolute Gasteiger partial charge is 0.460 e. The Morgan fingerprint density at radius 1 is 0.656 bits per heavy atom. The van der Waals surface area contributed by atoms with Crippen LogP contribution in [0.1, 0.15) is 20.7 Å². The second-order valence-corrected chi connectivity index (χ2v) is 7.76. The highest BCUT2D eigenvalue weighted by atomic mass is 32.3. The summed E-state index contributed by atoms with van der Waals surface area (Å²) < 4.78 is 85.9. The molecule has 0 heterocycles. The molecule has 14 nitrogen and oxygen atoms in total. The predicted molar refractivity (Wildman–Crippen MR) is 104 cm³/mol. The molecule has 0 saturated carbocycles. The summed E-state index contributed by atoms with van der Waals surface area (Å²) in [5.41, 5.74) is 0.153. The van der Waals surface area contributed by atoms with E-state index in [9.17, 15) is 26.4 Å². The fourth-order valence-corrected chi connectivity index (χ4v) is 2.48. The van der Waals surface area contributed by atoms with Crippen molar-refractivity contribution in [1.82, 2.24) is 0 Å². The Morgan fingerprint density at radius 2 is 1.03 bits per heavy atom. The second-order valence-electron chi connectivity index (χ2n) is 5.58. The summed E-state index contributed by atoms with van der Waals surface area (Å²) >= 11 is 0. The lowest BCUT2D eigenvalue weighted by Crippen LogP contribution is -2.16. The average Bonchev–Trinajstić information content (AvgIpc) is 2.70. The second kappa shape index (κ2) is 14.1. The topological polar surface area (TPSA) is 198 Å². The third-order valence-corrected chi connectivity index (χ3v) is 4.10. The van der Waals surface area contributed by atoms with Gasteiger partial charge in [-0.2, -0.15) is 16.8 Å². The molecular formula is C16H22O14S2. The number of esters is 2. The summed E-state index contributed by atoms with van der Waals surface area (Å²) in [6.07, 6.45) is 0. The number of rotatable bonds is 16. The standard InChI is InChI=1S/C16H22O14S2/c17-15(27-8-4-25-6-10-29-31(19,20)21)13-2-1-3-14(12-13)16(18)28-9-5-26-7-11-30-32(22,23)24/h1-3,12H,4-11H2,(H,19,20,21)(H,22,23,24). The Balaban J connectivity index is 2.28. The highest BCUT2D eigenvalue weighted by molar-refractivity contribution is 7.81. The van der Waals surface area contributed by atoms with Crippen molar-refractivity contribution in [1.29, 1.82) is 0 Å². The van der Waals surface area contributed by atoms with Gasteiger partial charge in [-0.1, -0.05) is 6.07 Å². The molecule has 1 aromatic rings. The molecule has 0 aromatic heterocycles. The van der Waals surface area contributed by atoms with E-state index in [-0.39, 0.29) is 50.8 Å². The smallest absolute Gasteiger partial charge is 0.397 e. The maximum Gasteiger partial charge on any atom is 0.397 e. The van der Waals surface area contributed by atoms with Crippen molar-refractivity contribution >= 4 is 32.7 Å². The Hall–Kier alpha value is -2.18. The summed E-state index contributed by atoms with van der Waals surface area (Å²) in [5.74, 6) is -1.47. The highest BCUT2D eigenvalue weighted by Gasteiger charge is 2.13. The minimum absolute atomic E-state index is 0.0580. The van der Waals surface area contributed by atoms with Gasteiger partial charge in [0.25, 0.3) is 0 Å². The molecule has 182 valence electrons. The van der Waals surface area contributed by atoms with Crippen LogP contribution in [0.3, 0.4) is 0 Å². The van der Waals surface area contributed by atoms with Gasteiger partial charge in [0.1, 0.15) is 13.2 Å². The summed E-state index contributed by atoms with van der Waals surface area (Å²) in [7, 11) is -9.07. The van der Waals surface area contributed by atoms with Gasteiger partial charge in [0.15, 0.2) is 0 Å². The molecule has 32 heavy (non-hydrogen) atoms. The molecule has 0 fully saturated rings. The van der Waals surface area contributed by atoms with Gasteiger partial charge in [-0.3, -0.25) is 9.11 Å². The molecule has 0 saturated heterocycles. The van der Waals surface area contributed by atoms with Gasteiger partial charge in [0.2, 0.25) is 0 Å². The predicted octanol–water partition coefficient (Wildman–Crippen LogP) is -0.328. The van der Waals surface area contributed by atoms with Gasteiger partial charge in [-0.15, -0.1) is 0 Å². The molecule has 1 rings (SSSR count). The molecule has 1 aromatic carbocycles. The van der Waals surface area contributed by atoms with E-state index >= 15 is 0 Å². The zero-order valence-electron chi connectivity index (χ0n) is 16.6. The molecule has 2 N–H and O–H groups in total. The van der Waals surface area contributed by atoms with Crippen LogP contribution in [0.2, 0.25) is 0 Å². The van der Waals surface area contributed by atoms with Crippen LogP contribution < -0.4 is 0 Å². The van der Waals surface area contributed by atoms with Crippen molar-refractivity contribution in [2.75, 3.05) is 52.9 Å². The maximum atomic E-state index is 12.0. The summed E-state index contributed by atoms with van der Waals surface area (Å²) in [4.78, 5) is 24.0. The number of carbonyl (C=O) groups is 2. The van der Waals surface area contributed by atoms with E-state index in [0.717, 1.165) is 0 Å². The van der Waals surface area contributed by atoms with Crippen LogP contribution in [0.5, 0.6) is 0 Å². The van der Waals surface area contributed by atoms with Crippen LogP contribution in [-0.2, 0) is 48.1 Å². The number of hydrogen-bond acceptors (Lipinski definition) is 12. The number of ether oxygens (including phenoxy) is 4. The van der Waals surface area contributed by atoms with E-state index < -0.39 is 46.0 Å². The normalized spacial score (nSPS) is 11.8. The Labute approximate surface area is 184 Å². The molecule has 0 unspecified atom stereocenters. The molecule has 0 spiro atoms. The van der Waals surface area contributed by atoms with Crippen LogP contribution in [-0.4, -0.2) is 90.7 Å². The van der Waals surface area contributed by atoms with Gasteiger partial charge in [-0.05, 0) is 18.2 Å². The quantitative estimate of drug-likeness (QED) is 0.169. The van der Waals surface area contributed by atoms with E-state index in [1.165, 1.54) is 24.3 Å². The van der Waals surface area contributed by atoms with Crippen molar-refractivity contribution in [3.8, 4) is 0 Å². The lowest BCUT2D eigenvalue weighted by Gasteiger charge is -2.08. The van der Waals surface area contributed by atoms with Crippen LogP contribution in [0, 0.1) is 0 Å². The molecule has 0 atom stereocenters. The number of carbonyl (C=O) groups excluding carboxylic acids is 2. The Bertz CT molecular complexity index is 868. The van der Waals surface area contributed by atoms with Gasteiger partial charge >= 0.3 is 32.7 Å². The molecule has 0 radical (unpaired) electrons. The Kier molecular flexibility index (Phi) is 12.2. The lowest BCUT2D eigenvalue weighted by molar-refractivity contribution is 0.0270. The van der Waals surface area contributed by atoms with E-state index in [1.54, 1.807) is 0 Å². The fraction of sp³-hybridized carbons (Fsp3) is 0.500. The van der Waals surface area contributed by atoms with Crippen molar-refractivity contribution in [3.63, 3.8) is 0 Å². The minimum atomic E-state index is -4.54. The monoisotopic (exact) mass is 502 g/mol. The highest BCUT2D eigenvalue weighted by Crippen LogP contribution is 2.08. The Morgan fingerprint density at radius 3 is 1.41 bits per heavy atom. The van der Waals surface area contributed by atoms with E-state index in [1.807, 2.05) is 0 Å². The van der Waals surface area contributed by atoms with Gasteiger partial charge < -0.3 is 18.9 Å². The summed E-state index contributed by atoms with van der Waals surface area (Å²) in [6.45, 7) is -1.54. The maximum absolute atomic E-state index is 12.0. The van der Waals surface area contributed by atoms with E-state index in [0.29, 0.717) is 0 Å². The van der Waals surface area contributed by atoms with Crippen LogP contribution >= 0.6 is 0 Å². The molecule has 0 aliphatic rings. The molecule has 16 heteroatoms. The molecule has 0 amide bonds. The number of hydrogen-bond donors (Lipinski definition) is 2. The first-order valence-corrected chi connectivity index (χ1v) is 11.5. The van der Waals surface area contributed by atoms with E-state index in [2.05, 4.69) is 8.37 Å². The zero-order valence-corrected chi connectivity index (χ0v) is 18.2. The van der Waals surface area contributed by atoms with Crippen molar-refractivity contribution in [2.24, 2.45) is 0 Å². The van der Waals surface area contributed by atoms with Crippen LogP contribution in [0.15, 0.2) is 24.3 Å². The van der Waals surface area contributed by atoms with Crippen molar-refractivity contribution in [2.45, 2.75) is 0 Å². The fourth-order valence-electron chi connectivity index (χ4n) is 1.93. The third-order valence-electron chi connectivity index (χ3n) is 3.18.